The van der Waals surface area contributed by atoms with Gasteiger partial charge in [-0.15, -0.1) is 4.28 Å². The highest BCUT2D eigenvalue weighted by Gasteiger charge is 2.49. The third-order valence-electron chi connectivity index (χ3n) is 5.30. The first-order valence-electron chi connectivity index (χ1n) is 9.01. The third-order valence-corrected chi connectivity index (χ3v) is 5.65. The molecule has 13 heteroatoms. The number of rotatable bonds is 6. The fourth-order valence-electron chi connectivity index (χ4n) is 3.99. The summed E-state index contributed by atoms with van der Waals surface area (Å²) < 4.78 is 35.0. The smallest absolute Gasteiger partial charge is 0.352 e. The van der Waals surface area contributed by atoms with Gasteiger partial charge in [0.25, 0.3) is 7.41 Å². The molecule has 0 saturated carbocycles. The molecular weight excluding hydrogens is 379 g/mol. The average molecular weight is 402 g/mol. The second-order valence-corrected chi connectivity index (χ2v) is 8.12. The zero-order valence-corrected chi connectivity index (χ0v) is 15.6. The summed E-state index contributed by atoms with van der Waals surface area (Å²) >= 11 is 0. The first-order chi connectivity index (χ1) is 12.8. The quantitative estimate of drug-likeness (QED) is 0.311. The van der Waals surface area contributed by atoms with E-state index < -0.39 is 28.5 Å². The molecule has 3 aliphatic heterocycles. The predicted molar refractivity (Wildman–Crippen MR) is 94.6 cm³/mol. The van der Waals surface area contributed by atoms with Gasteiger partial charge in [-0.25, -0.2) is 4.79 Å². The van der Waals surface area contributed by atoms with E-state index in [2.05, 4.69) is 9.60 Å². The second-order valence-electron chi connectivity index (χ2n) is 7.11. The number of hydrogen-bond donors (Lipinski definition) is 2. The largest absolute Gasteiger partial charge is 0.418 e. The summed E-state index contributed by atoms with van der Waals surface area (Å²) in [7, 11) is -4.42. The van der Waals surface area contributed by atoms with Crippen LogP contribution in [0, 0.1) is 0 Å². The SMILES string of the molecule is O=CBN1CCC[C@H](NC(=O)[C@@H]2CC[C@@H]3CN2C(=O)N3OS(=O)(=O)O)CC1. The van der Waals surface area contributed by atoms with E-state index in [0.29, 0.717) is 25.3 Å². The Hall–Kier alpha value is -1.70. The topological polar surface area (TPSA) is 137 Å². The van der Waals surface area contributed by atoms with Gasteiger partial charge in [0.1, 0.15) is 6.04 Å². The lowest BCUT2D eigenvalue weighted by molar-refractivity contribution is -0.126. The molecule has 2 bridgehead atoms. The summed E-state index contributed by atoms with van der Waals surface area (Å²) in [6.07, 6.45) is 4.04. The van der Waals surface area contributed by atoms with Crippen LogP contribution in [0.4, 0.5) is 4.79 Å². The molecule has 3 amide bonds. The molecule has 0 radical (unpaired) electrons. The van der Waals surface area contributed by atoms with Crippen LogP contribution in [0.2, 0.25) is 0 Å². The van der Waals surface area contributed by atoms with E-state index in [-0.39, 0.29) is 18.5 Å². The summed E-state index contributed by atoms with van der Waals surface area (Å²) in [5, 5.41) is 3.61. The molecular formula is C14H23BN4O7S. The summed E-state index contributed by atoms with van der Waals surface area (Å²) in [6.45, 7) is 1.70. The van der Waals surface area contributed by atoms with Crippen molar-refractivity contribution >= 4 is 35.9 Å². The van der Waals surface area contributed by atoms with Gasteiger partial charge >= 0.3 is 16.4 Å². The lowest BCUT2D eigenvalue weighted by atomic mass is 9.94. The monoisotopic (exact) mass is 402 g/mol. The van der Waals surface area contributed by atoms with Gasteiger partial charge in [-0.05, 0) is 45.2 Å². The zero-order chi connectivity index (χ0) is 19.6. The third kappa shape index (κ3) is 4.78. The first-order valence-corrected chi connectivity index (χ1v) is 10.4. The molecule has 3 rings (SSSR count). The zero-order valence-electron chi connectivity index (χ0n) is 14.8. The Morgan fingerprint density at radius 3 is 2.74 bits per heavy atom. The molecule has 3 atom stereocenters. The van der Waals surface area contributed by atoms with Gasteiger partial charge in [0.2, 0.25) is 5.91 Å². The number of fused-ring (bicyclic) bond motifs is 2. The Morgan fingerprint density at radius 1 is 1.26 bits per heavy atom. The van der Waals surface area contributed by atoms with Gasteiger partial charge in [0, 0.05) is 12.6 Å². The van der Waals surface area contributed by atoms with Crippen molar-refractivity contribution in [2.75, 3.05) is 19.6 Å². The molecule has 0 aromatic carbocycles. The molecule has 0 aromatic heterocycles. The Labute approximate surface area is 158 Å². The standard InChI is InChI=1S/C14H23BN4O7S/c20-9-15-17-6-1-2-10(5-7-17)16-13(21)12-4-3-11-8-18(12)14(22)19(11)26-27(23,24)25/h9-12,15H,1-8H2,(H,16,21)(H,23,24,25)/t10-,11+,12-/m0/s1. The number of carbonyl (C=O) groups excluding carboxylic acids is 3. The summed E-state index contributed by atoms with van der Waals surface area (Å²) in [5.41, 5.74) is 0. The number of hydrogen-bond acceptors (Lipinski definition) is 7. The number of piperidine rings is 1. The Balaban J connectivity index is 1.58. The maximum absolute atomic E-state index is 12.7. The normalized spacial score (nSPS) is 29.4. The average Bonchev–Trinajstić information content (AvgIpc) is 2.76. The summed E-state index contributed by atoms with van der Waals surface area (Å²) in [6, 6.07) is -1.99. The van der Waals surface area contributed by atoms with E-state index >= 15 is 0 Å². The molecule has 0 unspecified atom stereocenters. The molecule has 3 saturated heterocycles. The highest BCUT2D eigenvalue weighted by atomic mass is 32.3. The lowest BCUT2D eigenvalue weighted by Crippen LogP contribution is -2.52. The number of carbonyl (C=O) groups is 3. The minimum atomic E-state index is -4.81. The number of nitrogens with one attached hydrogen (secondary N) is 1. The molecule has 3 aliphatic rings. The van der Waals surface area contributed by atoms with Crippen LogP contribution in [-0.4, -0.2) is 91.0 Å². The van der Waals surface area contributed by atoms with Crippen molar-refractivity contribution in [3.05, 3.63) is 0 Å². The van der Waals surface area contributed by atoms with Crippen molar-refractivity contribution in [2.24, 2.45) is 0 Å². The number of hydroxylamine groups is 2. The van der Waals surface area contributed by atoms with Crippen molar-refractivity contribution in [1.82, 2.24) is 20.1 Å². The molecule has 150 valence electrons. The summed E-state index contributed by atoms with van der Waals surface area (Å²) in [4.78, 5) is 39.1. The van der Waals surface area contributed by atoms with E-state index in [9.17, 15) is 22.8 Å². The van der Waals surface area contributed by atoms with Crippen LogP contribution in [-0.2, 0) is 24.3 Å². The second kappa shape index (κ2) is 8.13. The van der Waals surface area contributed by atoms with E-state index in [4.69, 9.17) is 4.55 Å². The molecule has 3 heterocycles. The lowest BCUT2D eigenvalue weighted by Gasteiger charge is -2.30. The molecule has 11 nitrogen and oxygen atoms in total. The van der Waals surface area contributed by atoms with Crippen LogP contribution in [0.15, 0.2) is 0 Å². The van der Waals surface area contributed by atoms with Crippen molar-refractivity contribution in [3.63, 3.8) is 0 Å². The van der Waals surface area contributed by atoms with Crippen LogP contribution in [0.25, 0.3) is 0 Å². The van der Waals surface area contributed by atoms with Crippen molar-refractivity contribution in [3.8, 4) is 0 Å². The fraction of sp³-hybridized carbons (Fsp3) is 0.786. The van der Waals surface area contributed by atoms with E-state index in [1.54, 1.807) is 0 Å². The molecule has 0 spiro atoms. The minimum Gasteiger partial charge on any atom is -0.352 e. The Bertz CT molecular complexity index is 706. The Morgan fingerprint density at radius 2 is 2.04 bits per heavy atom. The minimum absolute atomic E-state index is 0.0326. The van der Waals surface area contributed by atoms with Gasteiger partial charge in [-0.1, -0.05) is 0 Å². The van der Waals surface area contributed by atoms with Crippen LogP contribution >= 0.6 is 0 Å². The van der Waals surface area contributed by atoms with Crippen LogP contribution in [0.1, 0.15) is 32.1 Å². The number of amides is 3. The highest BCUT2D eigenvalue weighted by Crippen LogP contribution is 2.30. The van der Waals surface area contributed by atoms with Crippen LogP contribution < -0.4 is 5.32 Å². The van der Waals surface area contributed by atoms with Crippen LogP contribution in [0.3, 0.4) is 0 Å². The first kappa shape index (κ1) is 20.0. The number of urea groups is 1. The highest BCUT2D eigenvalue weighted by molar-refractivity contribution is 7.80. The van der Waals surface area contributed by atoms with E-state index in [1.807, 2.05) is 4.81 Å². The van der Waals surface area contributed by atoms with Gasteiger partial charge in [-0.3, -0.25) is 9.35 Å². The molecule has 0 aliphatic carbocycles. The Kier molecular flexibility index (Phi) is 6.03. The molecule has 2 N–H and O–H groups in total. The molecule has 0 aromatic rings. The van der Waals surface area contributed by atoms with Gasteiger partial charge in [0.15, 0.2) is 0 Å². The maximum atomic E-state index is 12.7. The van der Waals surface area contributed by atoms with Crippen molar-refractivity contribution < 1.29 is 31.6 Å². The predicted octanol–water partition coefficient (Wildman–Crippen LogP) is -1.50. The fourth-order valence-corrected chi connectivity index (χ4v) is 4.38. The van der Waals surface area contributed by atoms with E-state index in [0.717, 1.165) is 38.5 Å². The van der Waals surface area contributed by atoms with Crippen molar-refractivity contribution in [1.29, 1.82) is 0 Å². The van der Waals surface area contributed by atoms with Crippen molar-refractivity contribution in [2.45, 2.75) is 50.2 Å². The molecule has 27 heavy (non-hydrogen) atoms. The van der Waals surface area contributed by atoms with Gasteiger partial charge < -0.3 is 19.8 Å². The number of nitrogens with zero attached hydrogens (tertiary/aromatic N) is 3. The summed E-state index contributed by atoms with van der Waals surface area (Å²) in [5.74, 6) is -0.274. The maximum Gasteiger partial charge on any atom is 0.418 e. The van der Waals surface area contributed by atoms with Gasteiger partial charge in [0.05, 0.1) is 12.2 Å². The molecule has 3 fully saturated rings. The van der Waals surface area contributed by atoms with Crippen LogP contribution in [0.5, 0.6) is 0 Å². The van der Waals surface area contributed by atoms with E-state index in [1.165, 1.54) is 4.90 Å². The van der Waals surface area contributed by atoms with Gasteiger partial charge in [-0.2, -0.15) is 13.5 Å².